The van der Waals surface area contributed by atoms with Crippen molar-refractivity contribution in [2.45, 2.75) is 45.4 Å². The van der Waals surface area contributed by atoms with Crippen LogP contribution in [0.4, 0.5) is 0 Å². The molecule has 13 heavy (non-hydrogen) atoms. The maximum absolute atomic E-state index is 11.4. The van der Waals surface area contributed by atoms with Gasteiger partial charge < -0.3 is 5.73 Å². The molecular formula is C11H21NO. The van der Waals surface area contributed by atoms with E-state index in [-0.39, 0.29) is 0 Å². The molecule has 0 aromatic rings. The second-order valence-electron chi connectivity index (χ2n) is 4.41. The van der Waals surface area contributed by atoms with Crippen LogP contribution in [0.1, 0.15) is 45.4 Å². The molecule has 2 N–H and O–H groups in total. The predicted molar refractivity (Wildman–Crippen MR) is 54.4 cm³/mol. The molecule has 1 fully saturated rings. The average molecular weight is 183 g/mol. The molecule has 0 aromatic heterocycles. The lowest BCUT2D eigenvalue weighted by Gasteiger charge is -2.08. The second-order valence-corrected chi connectivity index (χ2v) is 4.41. The Balaban J connectivity index is 1.99. The molecule has 0 amide bonds. The third-order valence-electron chi connectivity index (χ3n) is 2.79. The Labute approximate surface area is 80.9 Å². The average Bonchev–Trinajstić information content (AvgIpc) is 2.85. The first kappa shape index (κ1) is 10.7. The summed E-state index contributed by atoms with van der Waals surface area (Å²) in [4.78, 5) is 11.4. The highest BCUT2D eigenvalue weighted by molar-refractivity contribution is 5.78. The first-order chi connectivity index (χ1) is 6.22. The Kier molecular flexibility index (Phi) is 4.43. The molecule has 1 aliphatic rings. The van der Waals surface area contributed by atoms with Gasteiger partial charge >= 0.3 is 0 Å². The van der Waals surface area contributed by atoms with E-state index >= 15 is 0 Å². The van der Waals surface area contributed by atoms with Crippen LogP contribution < -0.4 is 5.73 Å². The van der Waals surface area contributed by atoms with Gasteiger partial charge in [0.2, 0.25) is 0 Å². The Morgan fingerprint density at radius 3 is 2.69 bits per heavy atom. The van der Waals surface area contributed by atoms with Crippen molar-refractivity contribution in [1.82, 2.24) is 0 Å². The Bertz CT molecular complexity index is 163. The topological polar surface area (TPSA) is 43.1 Å². The first-order valence-corrected chi connectivity index (χ1v) is 5.44. The smallest absolute Gasteiger partial charge is 0.133 e. The minimum atomic E-state index is 0.464. The SMILES string of the molecule is CC(CCN)CCC(=O)CC1CC1. The molecular weight excluding hydrogens is 162 g/mol. The van der Waals surface area contributed by atoms with Crippen LogP contribution in [0, 0.1) is 11.8 Å². The van der Waals surface area contributed by atoms with Crippen LogP contribution in [0.25, 0.3) is 0 Å². The highest BCUT2D eigenvalue weighted by Crippen LogP contribution is 2.33. The molecule has 0 aliphatic heterocycles. The van der Waals surface area contributed by atoms with Gasteiger partial charge in [-0.3, -0.25) is 4.79 Å². The van der Waals surface area contributed by atoms with Crippen LogP contribution >= 0.6 is 0 Å². The van der Waals surface area contributed by atoms with E-state index in [1.807, 2.05) is 0 Å². The van der Waals surface area contributed by atoms with E-state index in [4.69, 9.17) is 5.73 Å². The zero-order valence-corrected chi connectivity index (χ0v) is 8.59. The number of hydrogen-bond donors (Lipinski definition) is 1. The third kappa shape index (κ3) is 5.04. The number of carbonyl (C=O) groups excluding carboxylic acids is 1. The Morgan fingerprint density at radius 2 is 2.15 bits per heavy atom. The summed E-state index contributed by atoms with van der Waals surface area (Å²) in [5.74, 6) is 1.83. The molecule has 1 atom stereocenters. The van der Waals surface area contributed by atoms with E-state index in [1.54, 1.807) is 0 Å². The van der Waals surface area contributed by atoms with E-state index in [9.17, 15) is 4.79 Å². The summed E-state index contributed by atoms with van der Waals surface area (Å²) in [7, 11) is 0. The van der Waals surface area contributed by atoms with Gasteiger partial charge in [0.1, 0.15) is 5.78 Å². The van der Waals surface area contributed by atoms with Gasteiger partial charge in [-0.25, -0.2) is 0 Å². The molecule has 0 saturated heterocycles. The zero-order valence-electron chi connectivity index (χ0n) is 8.59. The van der Waals surface area contributed by atoms with Crippen LogP contribution in [-0.2, 0) is 4.79 Å². The van der Waals surface area contributed by atoms with Gasteiger partial charge in [-0.15, -0.1) is 0 Å². The summed E-state index contributed by atoms with van der Waals surface area (Å²) in [5.41, 5.74) is 5.44. The number of nitrogens with two attached hydrogens (primary N) is 1. The molecule has 2 nitrogen and oxygen atoms in total. The molecule has 1 rings (SSSR count). The van der Waals surface area contributed by atoms with Crippen molar-refractivity contribution >= 4 is 5.78 Å². The maximum atomic E-state index is 11.4. The van der Waals surface area contributed by atoms with Crippen LogP contribution in [0.5, 0.6) is 0 Å². The van der Waals surface area contributed by atoms with Gasteiger partial charge in [-0.1, -0.05) is 6.92 Å². The second kappa shape index (κ2) is 5.38. The van der Waals surface area contributed by atoms with Crippen LogP contribution in [0.2, 0.25) is 0 Å². The molecule has 76 valence electrons. The van der Waals surface area contributed by atoms with Crippen molar-refractivity contribution in [1.29, 1.82) is 0 Å². The fraction of sp³-hybridized carbons (Fsp3) is 0.909. The molecule has 0 radical (unpaired) electrons. The van der Waals surface area contributed by atoms with E-state index in [0.29, 0.717) is 11.7 Å². The normalized spacial score (nSPS) is 18.6. The lowest BCUT2D eigenvalue weighted by atomic mass is 9.98. The van der Waals surface area contributed by atoms with Gasteiger partial charge in [-0.05, 0) is 44.1 Å². The van der Waals surface area contributed by atoms with Crippen molar-refractivity contribution in [3.05, 3.63) is 0 Å². The van der Waals surface area contributed by atoms with Crippen molar-refractivity contribution in [3.63, 3.8) is 0 Å². The van der Waals surface area contributed by atoms with E-state index < -0.39 is 0 Å². The van der Waals surface area contributed by atoms with Crippen molar-refractivity contribution in [2.75, 3.05) is 6.54 Å². The molecule has 0 aromatic carbocycles. The monoisotopic (exact) mass is 183 g/mol. The summed E-state index contributed by atoms with van der Waals surface area (Å²) in [6.07, 6.45) is 6.26. The highest BCUT2D eigenvalue weighted by Gasteiger charge is 2.23. The molecule has 2 heteroatoms. The lowest BCUT2D eigenvalue weighted by molar-refractivity contribution is -0.119. The van der Waals surface area contributed by atoms with Crippen LogP contribution in [0.3, 0.4) is 0 Å². The molecule has 1 unspecified atom stereocenters. The summed E-state index contributed by atoms with van der Waals surface area (Å²) in [6.45, 7) is 2.93. The number of Topliss-reactive ketones (excluding diaryl/α,β-unsaturated/α-hetero) is 1. The van der Waals surface area contributed by atoms with Gasteiger partial charge in [0.25, 0.3) is 0 Å². The van der Waals surface area contributed by atoms with Gasteiger partial charge in [0.15, 0.2) is 0 Å². The minimum absolute atomic E-state index is 0.464. The van der Waals surface area contributed by atoms with Gasteiger partial charge in [0.05, 0.1) is 0 Å². The number of hydrogen-bond acceptors (Lipinski definition) is 2. The molecule has 0 heterocycles. The highest BCUT2D eigenvalue weighted by atomic mass is 16.1. The van der Waals surface area contributed by atoms with Gasteiger partial charge in [-0.2, -0.15) is 0 Å². The maximum Gasteiger partial charge on any atom is 0.133 e. The predicted octanol–water partition coefficient (Wildman–Crippen LogP) is 2.12. The summed E-state index contributed by atoms with van der Waals surface area (Å²) >= 11 is 0. The third-order valence-corrected chi connectivity index (χ3v) is 2.79. The zero-order chi connectivity index (χ0) is 9.68. The van der Waals surface area contributed by atoms with Crippen molar-refractivity contribution in [3.8, 4) is 0 Å². The molecule has 1 saturated carbocycles. The van der Waals surface area contributed by atoms with Gasteiger partial charge in [0, 0.05) is 12.8 Å². The van der Waals surface area contributed by atoms with E-state index in [0.717, 1.165) is 38.1 Å². The minimum Gasteiger partial charge on any atom is -0.330 e. The summed E-state index contributed by atoms with van der Waals surface area (Å²) in [5, 5.41) is 0. The fourth-order valence-electron chi connectivity index (χ4n) is 1.58. The first-order valence-electron chi connectivity index (χ1n) is 5.44. The van der Waals surface area contributed by atoms with Crippen molar-refractivity contribution < 1.29 is 4.79 Å². The molecule has 0 bridgehead atoms. The number of ketones is 1. The Morgan fingerprint density at radius 1 is 1.46 bits per heavy atom. The van der Waals surface area contributed by atoms with Crippen LogP contribution in [0.15, 0.2) is 0 Å². The van der Waals surface area contributed by atoms with Crippen LogP contribution in [-0.4, -0.2) is 12.3 Å². The quantitative estimate of drug-likeness (QED) is 0.657. The fourth-order valence-corrected chi connectivity index (χ4v) is 1.58. The summed E-state index contributed by atoms with van der Waals surface area (Å²) < 4.78 is 0. The van der Waals surface area contributed by atoms with E-state index in [2.05, 4.69) is 6.92 Å². The van der Waals surface area contributed by atoms with E-state index in [1.165, 1.54) is 12.8 Å². The largest absolute Gasteiger partial charge is 0.330 e. The standard InChI is InChI=1S/C11H21NO/c1-9(6-7-12)2-5-11(13)8-10-3-4-10/h9-10H,2-8,12H2,1H3. The number of carbonyl (C=O) groups is 1. The number of rotatable bonds is 7. The molecule has 0 spiro atoms. The molecule has 1 aliphatic carbocycles. The Hall–Kier alpha value is -0.370. The summed E-state index contributed by atoms with van der Waals surface area (Å²) in [6, 6.07) is 0. The van der Waals surface area contributed by atoms with Crippen molar-refractivity contribution in [2.24, 2.45) is 17.6 Å². The lowest BCUT2D eigenvalue weighted by Crippen LogP contribution is -2.08.